The molecule has 0 N–H and O–H groups in total. The number of ether oxygens (including phenoxy) is 1. The topological polar surface area (TPSA) is 36.0 Å². The number of carbonyl (C=O) groups is 1. The van der Waals surface area contributed by atoms with E-state index in [1.165, 1.54) is 5.69 Å². The molecular formula is C20H31N3O2. The number of piperidine rings is 1. The molecule has 2 aliphatic heterocycles. The summed E-state index contributed by atoms with van der Waals surface area (Å²) in [7, 11) is 2.16. The Bertz CT molecular complexity index is 553. The first kappa shape index (κ1) is 18.2. The third-order valence-electron chi connectivity index (χ3n) is 5.21. The lowest BCUT2D eigenvalue weighted by molar-refractivity contribution is 0.00211. The summed E-state index contributed by atoms with van der Waals surface area (Å²) in [6.45, 7) is 8.74. The molecule has 0 saturated carbocycles. The van der Waals surface area contributed by atoms with Gasteiger partial charge in [-0.05, 0) is 50.6 Å². The number of anilines is 1. The van der Waals surface area contributed by atoms with Crippen molar-refractivity contribution in [3.8, 4) is 0 Å². The van der Waals surface area contributed by atoms with Crippen molar-refractivity contribution >= 4 is 11.6 Å². The van der Waals surface area contributed by atoms with Crippen molar-refractivity contribution in [2.24, 2.45) is 0 Å². The highest BCUT2D eigenvalue weighted by molar-refractivity contribution is 5.94. The molecule has 0 aliphatic carbocycles. The maximum Gasteiger partial charge on any atom is 0.253 e. The third-order valence-corrected chi connectivity index (χ3v) is 5.21. The van der Waals surface area contributed by atoms with Crippen LogP contribution in [-0.2, 0) is 4.74 Å². The molecule has 0 radical (unpaired) electrons. The molecule has 25 heavy (non-hydrogen) atoms. The summed E-state index contributed by atoms with van der Waals surface area (Å²) in [5.41, 5.74) is 2.00. The number of amides is 1. The third kappa shape index (κ3) is 4.73. The quantitative estimate of drug-likeness (QED) is 0.821. The number of nitrogens with zero attached hydrogens (tertiary/aromatic N) is 3. The lowest BCUT2D eigenvalue weighted by atomic mass is 10.1. The Balaban J connectivity index is 1.58. The standard InChI is InChI=1S/C20H31N3O2/c1-3-15-25-19-5-4-10-23(16-19)20(24)17-6-8-18(9-7-17)22-13-11-21(2)12-14-22/h6-9,19H,3-5,10-16H2,1-2H3/t19-/m0/s1. The molecular weight excluding hydrogens is 314 g/mol. The van der Waals surface area contributed by atoms with Crippen LogP contribution in [-0.4, -0.2) is 74.7 Å². The van der Waals surface area contributed by atoms with E-state index in [-0.39, 0.29) is 12.0 Å². The van der Waals surface area contributed by atoms with Crippen molar-refractivity contribution in [3.63, 3.8) is 0 Å². The van der Waals surface area contributed by atoms with Crippen LogP contribution in [0, 0.1) is 0 Å². The first-order valence-electron chi connectivity index (χ1n) is 9.62. The van der Waals surface area contributed by atoms with Gasteiger partial charge in [-0.2, -0.15) is 0 Å². The van der Waals surface area contributed by atoms with Crippen LogP contribution >= 0.6 is 0 Å². The summed E-state index contributed by atoms with van der Waals surface area (Å²) in [5, 5.41) is 0. The van der Waals surface area contributed by atoms with E-state index in [9.17, 15) is 4.79 Å². The molecule has 5 nitrogen and oxygen atoms in total. The van der Waals surface area contributed by atoms with E-state index in [2.05, 4.69) is 35.9 Å². The predicted molar refractivity (Wildman–Crippen MR) is 101 cm³/mol. The van der Waals surface area contributed by atoms with Gasteiger partial charge in [-0.25, -0.2) is 0 Å². The summed E-state index contributed by atoms with van der Waals surface area (Å²) >= 11 is 0. The fourth-order valence-corrected chi connectivity index (χ4v) is 3.61. The summed E-state index contributed by atoms with van der Waals surface area (Å²) < 4.78 is 5.85. The van der Waals surface area contributed by atoms with Crippen LogP contribution in [0.5, 0.6) is 0 Å². The normalized spacial score (nSPS) is 22.2. The molecule has 0 aromatic heterocycles. The number of rotatable bonds is 5. The Morgan fingerprint density at radius 2 is 1.84 bits per heavy atom. The highest BCUT2D eigenvalue weighted by Gasteiger charge is 2.25. The van der Waals surface area contributed by atoms with Gasteiger partial charge < -0.3 is 19.4 Å². The highest BCUT2D eigenvalue weighted by atomic mass is 16.5. The molecule has 5 heteroatoms. The average Bonchev–Trinajstić information content (AvgIpc) is 2.67. The van der Waals surface area contributed by atoms with Crippen LogP contribution in [0.15, 0.2) is 24.3 Å². The van der Waals surface area contributed by atoms with Gasteiger partial charge in [-0.1, -0.05) is 6.92 Å². The summed E-state index contributed by atoms with van der Waals surface area (Å²) in [5.74, 6) is 0.134. The van der Waals surface area contributed by atoms with Gasteiger partial charge in [0.15, 0.2) is 0 Å². The van der Waals surface area contributed by atoms with Crippen molar-refractivity contribution < 1.29 is 9.53 Å². The molecule has 2 heterocycles. The zero-order valence-electron chi connectivity index (χ0n) is 15.6. The van der Waals surface area contributed by atoms with E-state index >= 15 is 0 Å². The van der Waals surface area contributed by atoms with Crippen LogP contribution < -0.4 is 4.90 Å². The maximum absolute atomic E-state index is 12.8. The average molecular weight is 345 g/mol. The Labute approximate surface area is 151 Å². The Morgan fingerprint density at radius 3 is 2.52 bits per heavy atom. The van der Waals surface area contributed by atoms with Crippen molar-refractivity contribution in [2.75, 3.05) is 57.8 Å². The lowest BCUT2D eigenvalue weighted by Gasteiger charge is -2.34. The SMILES string of the molecule is CCCO[C@H]1CCCN(C(=O)c2ccc(N3CCN(C)CC3)cc2)C1. The van der Waals surface area contributed by atoms with Crippen molar-refractivity contribution in [1.29, 1.82) is 0 Å². The van der Waals surface area contributed by atoms with E-state index in [0.717, 1.165) is 70.7 Å². The van der Waals surface area contributed by atoms with Gasteiger partial charge in [0.05, 0.1) is 6.10 Å². The number of likely N-dealkylation sites (tertiary alicyclic amines) is 1. The largest absolute Gasteiger partial charge is 0.376 e. The molecule has 1 atom stereocenters. The molecule has 1 aromatic carbocycles. The van der Waals surface area contributed by atoms with Gasteiger partial charge in [0, 0.05) is 57.1 Å². The van der Waals surface area contributed by atoms with E-state index < -0.39 is 0 Å². The zero-order valence-corrected chi connectivity index (χ0v) is 15.6. The van der Waals surface area contributed by atoms with Gasteiger partial charge in [0.25, 0.3) is 5.91 Å². The molecule has 0 unspecified atom stereocenters. The molecule has 1 aromatic rings. The molecule has 0 spiro atoms. The molecule has 2 fully saturated rings. The van der Waals surface area contributed by atoms with Gasteiger partial charge in [-0.15, -0.1) is 0 Å². The van der Waals surface area contributed by atoms with Crippen molar-refractivity contribution in [1.82, 2.24) is 9.80 Å². The smallest absolute Gasteiger partial charge is 0.253 e. The van der Waals surface area contributed by atoms with E-state index in [1.54, 1.807) is 0 Å². The summed E-state index contributed by atoms with van der Waals surface area (Å²) in [4.78, 5) is 19.5. The van der Waals surface area contributed by atoms with Crippen LogP contribution in [0.25, 0.3) is 0 Å². The highest BCUT2D eigenvalue weighted by Crippen LogP contribution is 2.20. The number of carbonyl (C=O) groups excluding carboxylic acids is 1. The minimum absolute atomic E-state index is 0.134. The number of hydrogen-bond donors (Lipinski definition) is 0. The molecule has 3 rings (SSSR count). The molecule has 138 valence electrons. The fraction of sp³-hybridized carbons (Fsp3) is 0.650. The summed E-state index contributed by atoms with van der Waals surface area (Å²) in [6.07, 6.45) is 3.31. The maximum atomic E-state index is 12.8. The van der Waals surface area contributed by atoms with Gasteiger partial charge in [-0.3, -0.25) is 4.79 Å². The van der Waals surface area contributed by atoms with Crippen molar-refractivity contribution in [3.05, 3.63) is 29.8 Å². The monoisotopic (exact) mass is 345 g/mol. The Hall–Kier alpha value is -1.59. The number of benzene rings is 1. The second-order valence-corrected chi connectivity index (χ2v) is 7.22. The second kappa shape index (κ2) is 8.68. The lowest BCUT2D eigenvalue weighted by Crippen LogP contribution is -2.44. The van der Waals surface area contributed by atoms with E-state index in [4.69, 9.17) is 4.74 Å². The minimum Gasteiger partial charge on any atom is -0.376 e. The first-order valence-corrected chi connectivity index (χ1v) is 9.62. The van der Waals surface area contributed by atoms with Crippen LogP contribution in [0.1, 0.15) is 36.5 Å². The zero-order chi connectivity index (χ0) is 17.6. The summed E-state index contributed by atoms with van der Waals surface area (Å²) in [6, 6.07) is 8.14. The predicted octanol–water partition coefficient (Wildman–Crippen LogP) is 2.47. The van der Waals surface area contributed by atoms with Gasteiger partial charge in [0.1, 0.15) is 0 Å². The van der Waals surface area contributed by atoms with Crippen molar-refractivity contribution in [2.45, 2.75) is 32.3 Å². The number of piperazine rings is 1. The number of hydrogen-bond acceptors (Lipinski definition) is 4. The van der Waals surface area contributed by atoms with E-state index in [0.29, 0.717) is 0 Å². The van der Waals surface area contributed by atoms with Crippen LogP contribution in [0.2, 0.25) is 0 Å². The molecule has 2 saturated heterocycles. The Kier molecular flexibility index (Phi) is 6.32. The van der Waals surface area contributed by atoms with Crippen LogP contribution in [0.3, 0.4) is 0 Å². The van der Waals surface area contributed by atoms with Crippen LogP contribution in [0.4, 0.5) is 5.69 Å². The molecule has 0 bridgehead atoms. The first-order chi connectivity index (χ1) is 12.2. The number of likely N-dealkylation sites (N-methyl/N-ethyl adjacent to an activating group) is 1. The Morgan fingerprint density at radius 1 is 1.12 bits per heavy atom. The fourth-order valence-electron chi connectivity index (χ4n) is 3.61. The van der Waals surface area contributed by atoms with Gasteiger partial charge in [0.2, 0.25) is 0 Å². The minimum atomic E-state index is 0.134. The van der Waals surface area contributed by atoms with Gasteiger partial charge >= 0.3 is 0 Å². The molecule has 1 amide bonds. The second-order valence-electron chi connectivity index (χ2n) is 7.22. The molecule has 2 aliphatic rings. The van der Waals surface area contributed by atoms with E-state index in [1.807, 2.05) is 17.0 Å².